The SMILES string of the molecule is COc1ccc(CNc2nc(CSCC(=O)O)nc3sc4c(c23)CCCC4)cc1OC. The Hall–Kier alpha value is -2.52. The molecule has 2 N–H and O–H groups in total. The lowest BCUT2D eigenvalue weighted by Gasteiger charge is -2.14. The van der Waals surface area contributed by atoms with Crippen LogP contribution in [-0.4, -0.2) is 41.0 Å². The number of rotatable bonds is 9. The molecule has 0 aliphatic heterocycles. The third-order valence-electron chi connectivity index (χ3n) is 5.23. The van der Waals surface area contributed by atoms with Gasteiger partial charge in [-0.05, 0) is 48.9 Å². The molecule has 1 aliphatic carbocycles. The number of thiophene rings is 1. The predicted octanol–water partition coefficient (Wildman–Crippen LogP) is 4.52. The maximum Gasteiger partial charge on any atom is 0.313 e. The lowest BCUT2D eigenvalue weighted by molar-refractivity contribution is -0.133. The number of nitrogens with zero attached hydrogens (tertiary/aromatic N) is 2. The Bertz CT molecular complexity index is 1100. The van der Waals surface area contributed by atoms with E-state index in [4.69, 9.17) is 24.5 Å². The van der Waals surface area contributed by atoms with Crippen LogP contribution in [0.3, 0.4) is 0 Å². The van der Waals surface area contributed by atoms with Crippen molar-refractivity contribution in [3.05, 3.63) is 40.0 Å². The van der Waals surface area contributed by atoms with Crippen LogP contribution >= 0.6 is 23.1 Å². The highest BCUT2D eigenvalue weighted by atomic mass is 32.2. The largest absolute Gasteiger partial charge is 0.493 e. The number of aromatic nitrogens is 2. The summed E-state index contributed by atoms with van der Waals surface area (Å²) in [6, 6.07) is 5.85. The van der Waals surface area contributed by atoms with Gasteiger partial charge < -0.3 is 19.9 Å². The normalized spacial score (nSPS) is 13.1. The lowest BCUT2D eigenvalue weighted by atomic mass is 9.97. The summed E-state index contributed by atoms with van der Waals surface area (Å²) >= 11 is 3.06. The zero-order valence-corrected chi connectivity index (χ0v) is 19.2. The molecule has 3 aromatic rings. The molecule has 1 aliphatic rings. The van der Waals surface area contributed by atoms with E-state index >= 15 is 0 Å². The summed E-state index contributed by atoms with van der Waals surface area (Å²) in [5.74, 6) is 2.54. The van der Waals surface area contributed by atoms with E-state index in [1.165, 1.54) is 35.0 Å². The second kappa shape index (κ2) is 9.74. The molecule has 0 amide bonds. The van der Waals surface area contributed by atoms with Gasteiger partial charge in [0.25, 0.3) is 0 Å². The number of carbonyl (C=O) groups is 1. The zero-order valence-electron chi connectivity index (χ0n) is 17.6. The van der Waals surface area contributed by atoms with Crippen LogP contribution in [0.15, 0.2) is 18.2 Å². The highest BCUT2D eigenvalue weighted by molar-refractivity contribution is 7.99. The van der Waals surface area contributed by atoms with Crippen molar-refractivity contribution in [2.75, 3.05) is 25.3 Å². The van der Waals surface area contributed by atoms with Crippen LogP contribution in [-0.2, 0) is 29.9 Å². The van der Waals surface area contributed by atoms with Gasteiger partial charge in [-0.25, -0.2) is 9.97 Å². The number of aryl methyl sites for hydroxylation is 2. The van der Waals surface area contributed by atoms with Crippen molar-refractivity contribution in [1.82, 2.24) is 9.97 Å². The molecule has 9 heteroatoms. The number of ether oxygens (including phenoxy) is 2. The van der Waals surface area contributed by atoms with Gasteiger partial charge in [0.05, 0.1) is 31.1 Å². The molecule has 0 atom stereocenters. The molecule has 0 bridgehead atoms. The minimum Gasteiger partial charge on any atom is -0.493 e. The number of hydrogen-bond acceptors (Lipinski definition) is 8. The molecule has 0 radical (unpaired) electrons. The van der Waals surface area contributed by atoms with Crippen molar-refractivity contribution >= 4 is 45.1 Å². The molecular weight excluding hydrogens is 434 g/mol. The zero-order chi connectivity index (χ0) is 21.8. The average molecular weight is 460 g/mol. The first-order chi connectivity index (χ1) is 15.1. The van der Waals surface area contributed by atoms with Gasteiger partial charge in [-0.15, -0.1) is 23.1 Å². The van der Waals surface area contributed by atoms with E-state index in [1.807, 2.05) is 18.2 Å². The first kappa shape index (κ1) is 21.7. The van der Waals surface area contributed by atoms with E-state index < -0.39 is 5.97 Å². The Kier molecular flexibility index (Phi) is 6.82. The number of carboxylic acids is 1. The first-order valence-electron chi connectivity index (χ1n) is 10.1. The van der Waals surface area contributed by atoms with E-state index in [0.717, 1.165) is 34.4 Å². The Morgan fingerprint density at radius 1 is 1.19 bits per heavy atom. The summed E-state index contributed by atoms with van der Waals surface area (Å²) in [6.45, 7) is 0.582. The van der Waals surface area contributed by atoms with Crippen LogP contribution < -0.4 is 14.8 Å². The Balaban J connectivity index is 1.64. The number of fused-ring (bicyclic) bond motifs is 3. The number of benzene rings is 1. The minimum absolute atomic E-state index is 0.0384. The minimum atomic E-state index is -0.829. The summed E-state index contributed by atoms with van der Waals surface area (Å²) in [6.07, 6.45) is 4.54. The third-order valence-corrected chi connectivity index (χ3v) is 7.32. The van der Waals surface area contributed by atoms with Crippen molar-refractivity contribution in [2.24, 2.45) is 0 Å². The Labute approximate surface area is 189 Å². The van der Waals surface area contributed by atoms with Crippen LogP contribution in [0.25, 0.3) is 10.2 Å². The first-order valence-corrected chi connectivity index (χ1v) is 12.1. The molecule has 0 saturated heterocycles. The highest BCUT2D eigenvalue weighted by Gasteiger charge is 2.21. The predicted molar refractivity (Wildman–Crippen MR) is 125 cm³/mol. The molecule has 0 fully saturated rings. The summed E-state index contributed by atoms with van der Waals surface area (Å²) < 4.78 is 10.7. The van der Waals surface area contributed by atoms with Crippen molar-refractivity contribution in [3.8, 4) is 11.5 Å². The topological polar surface area (TPSA) is 93.6 Å². The van der Waals surface area contributed by atoms with Gasteiger partial charge in [-0.1, -0.05) is 6.07 Å². The molecule has 7 nitrogen and oxygen atoms in total. The lowest BCUT2D eigenvalue weighted by Crippen LogP contribution is -2.07. The van der Waals surface area contributed by atoms with E-state index in [0.29, 0.717) is 29.6 Å². The summed E-state index contributed by atoms with van der Waals surface area (Å²) in [7, 11) is 3.25. The molecule has 0 spiro atoms. The fourth-order valence-electron chi connectivity index (χ4n) is 3.80. The Morgan fingerprint density at radius 2 is 2.00 bits per heavy atom. The fourth-order valence-corrected chi connectivity index (χ4v) is 5.67. The van der Waals surface area contributed by atoms with Crippen molar-refractivity contribution < 1.29 is 19.4 Å². The molecule has 2 heterocycles. The summed E-state index contributed by atoms with van der Waals surface area (Å²) in [4.78, 5) is 22.8. The molecule has 164 valence electrons. The van der Waals surface area contributed by atoms with Gasteiger partial charge in [0, 0.05) is 11.4 Å². The smallest absolute Gasteiger partial charge is 0.313 e. The Morgan fingerprint density at radius 3 is 2.77 bits per heavy atom. The summed E-state index contributed by atoms with van der Waals surface area (Å²) in [5.41, 5.74) is 2.42. The summed E-state index contributed by atoms with van der Waals surface area (Å²) in [5, 5.41) is 13.5. The van der Waals surface area contributed by atoms with Crippen molar-refractivity contribution in [3.63, 3.8) is 0 Å². The molecule has 0 saturated carbocycles. The molecule has 4 rings (SSSR count). The van der Waals surface area contributed by atoms with E-state index in [1.54, 1.807) is 25.6 Å². The standard InChI is InChI=1S/C22H25N3O4S2/c1-28-15-8-7-13(9-16(15)29-2)10-23-21-20-14-5-3-4-6-17(14)31-22(20)25-18(24-21)11-30-12-19(26)27/h7-9H,3-6,10-12H2,1-2H3,(H,26,27)(H,23,24,25). The van der Waals surface area contributed by atoms with Crippen LogP contribution in [0.4, 0.5) is 5.82 Å². The average Bonchev–Trinajstić information content (AvgIpc) is 3.15. The molecule has 1 aromatic carbocycles. The molecular formula is C22H25N3O4S2. The van der Waals surface area contributed by atoms with Crippen LogP contribution in [0.1, 0.15) is 34.7 Å². The highest BCUT2D eigenvalue weighted by Crippen LogP contribution is 2.39. The number of methoxy groups -OCH3 is 2. The maximum atomic E-state index is 10.9. The van der Waals surface area contributed by atoms with Gasteiger partial charge in [0.2, 0.25) is 0 Å². The van der Waals surface area contributed by atoms with Gasteiger partial charge in [0.1, 0.15) is 16.5 Å². The molecule has 2 aromatic heterocycles. The van der Waals surface area contributed by atoms with Crippen LogP contribution in [0.5, 0.6) is 11.5 Å². The van der Waals surface area contributed by atoms with E-state index in [9.17, 15) is 4.79 Å². The number of thioether (sulfide) groups is 1. The van der Waals surface area contributed by atoms with Gasteiger partial charge in [0.15, 0.2) is 11.5 Å². The van der Waals surface area contributed by atoms with Crippen molar-refractivity contribution in [1.29, 1.82) is 0 Å². The quantitative estimate of drug-likeness (QED) is 0.483. The van der Waals surface area contributed by atoms with E-state index in [-0.39, 0.29) is 5.75 Å². The number of carboxylic acid groups (broad SMARTS) is 1. The van der Waals surface area contributed by atoms with Gasteiger partial charge in [-0.2, -0.15) is 0 Å². The van der Waals surface area contributed by atoms with Crippen LogP contribution in [0.2, 0.25) is 0 Å². The fraction of sp³-hybridized carbons (Fsp3) is 0.409. The number of aliphatic carboxylic acids is 1. The van der Waals surface area contributed by atoms with Crippen LogP contribution in [0, 0.1) is 0 Å². The molecule has 0 unspecified atom stereocenters. The monoisotopic (exact) mass is 459 g/mol. The number of hydrogen-bond donors (Lipinski definition) is 2. The number of anilines is 1. The van der Waals surface area contributed by atoms with Gasteiger partial charge in [-0.3, -0.25) is 4.79 Å². The van der Waals surface area contributed by atoms with Gasteiger partial charge >= 0.3 is 5.97 Å². The third kappa shape index (κ3) is 4.88. The molecule has 31 heavy (non-hydrogen) atoms. The second-order valence-corrected chi connectivity index (χ2v) is 9.38. The van der Waals surface area contributed by atoms with Crippen molar-refractivity contribution in [2.45, 2.75) is 38.0 Å². The maximum absolute atomic E-state index is 10.9. The number of nitrogens with one attached hydrogen (secondary N) is 1. The van der Waals surface area contributed by atoms with E-state index in [2.05, 4.69) is 5.32 Å². The second-order valence-electron chi connectivity index (χ2n) is 7.31.